The van der Waals surface area contributed by atoms with Crippen LogP contribution in [0.5, 0.6) is 0 Å². The van der Waals surface area contributed by atoms with Gasteiger partial charge in [0.15, 0.2) is 0 Å². The van der Waals surface area contributed by atoms with Crippen molar-refractivity contribution in [1.82, 2.24) is 5.32 Å². The maximum atomic E-state index is 8.59. The zero-order chi connectivity index (χ0) is 12.0. The molecule has 0 aromatic heterocycles. The van der Waals surface area contributed by atoms with Crippen molar-refractivity contribution in [2.24, 2.45) is 5.41 Å². The third-order valence-electron chi connectivity index (χ3n) is 3.50. The second-order valence-electron chi connectivity index (χ2n) is 5.57. The third kappa shape index (κ3) is 4.51. The first-order chi connectivity index (χ1) is 7.57. The molecule has 0 bridgehead atoms. The molecule has 0 aromatic carbocycles. The van der Waals surface area contributed by atoms with Crippen molar-refractivity contribution in [3.8, 4) is 6.07 Å². The van der Waals surface area contributed by atoms with Crippen LogP contribution in [0.15, 0.2) is 0 Å². The van der Waals surface area contributed by atoms with Crippen LogP contribution in [0.3, 0.4) is 0 Å². The molecule has 3 heteroatoms. The van der Waals surface area contributed by atoms with Crippen LogP contribution in [0.4, 0.5) is 0 Å². The van der Waals surface area contributed by atoms with E-state index < -0.39 is 0 Å². The normalized spacial score (nSPS) is 25.6. The van der Waals surface area contributed by atoms with Crippen LogP contribution in [0.25, 0.3) is 0 Å². The molecule has 1 saturated carbocycles. The molecule has 1 rings (SSSR count). The van der Waals surface area contributed by atoms with Crippen LogP contribution < -0.4 is 5.32 Å². The topological polar surface area (TPSA) is 45.0 Å². The number of rotatable bonds is 6. The van der Waals surface area contributed by atoms with E-state index in [0.717, 1.165) is 19.4 Å². The van der Waals surface area contributed by atoms with E-state index in [-0.39, 0.29) is 5.41 Å². The van der Waals surface area contributed by atoms with Crippen molar-refractivity contribution >= 4 is 0 Å². The van der Waals surface area contributed by atoms with Gasteiger partial charge in [-0.1, -0.05) is 13.8 Å². The average Bonchev–Trinajstić information content (AvgIpc) is 2.72. The molecule has 92 valence electrons. The van der Waals surface area contributed by atoms with Crippen molar-refractivity contribution < 1.29 is 4.74 Å². The molecular formula is C13H24N2O. The lowest BCUT2D eigenvalue weighted by molar-refractivity contribution is 0.106. The molecule has 0 aromatic rings. The number of ether oxygens (including phenoxy) is 1. The molecule has 0 aliphatic heterocycles. The van der Waals surface area contributed by atoms with Crippen molar-refractivity contribution in [2.45, 2.75) is 58.1 Å². The van der Waals surface area contributed by atoms with E-state index in [4.69, 9.17) is 10.00 Å². The van der Waals surface area contributed by atoms with Crippen LogP contribution in [0.2, 0.25) is 0 Å². The summed E-state index contributed by atoms with van der Waals surface area (Å²) in [5, 5.41) is 12.2. The molecule has 0 heterocycles. The molecule has 0 amide bonds. The van der Waals surface area contributed by atoms with Gasteiger partial charge in [-0.3, -0.25) is 0 Å². The molecule has 16 heavy (non-hydrogen) atoms. The summed E-state index contributed by atoms with van der Waals surface area (Å²) in [7, 11) is 1.80. The first-order valence-corrected chi connectivity index (χ1v) is 6.20. The van der Waals surface area contributed by atoms with Gasteiger partial charge >= 0.3 is 0 Å². The van der Waals surface area contributed by atoms with E-state index in [1.807, 2.05) is 0 Å². The Morgan fingerprint density at radius 1 is 1.44 bits per heavy atom. The number of methoxy groups -OCH3 is 1. The highest BCUT2D eigenvalue weighted by Crippen LogP contribution is 2.25. The van der Waals surface area contributed by atoms with Gasteiger partial charge in [0, 0.05) is 26.1 Å². The summed E-state index contributed by atoms with van der Waals surface area (Å²) >= 11 is 0. The predicted octanol–water partition coefficient (Wildman–Crippen LogP) is 2.47. The molecule has 2 atom stereocenters. The Bertz CT molecular complexity index is 245. The van der Waals surface area contributed by atoms with Gasteiger partial charge in [0.2, 0.25) is 0 Å². The molecule has 0 radical (unpaired) electrons. The summed E-state index contributed by atoms with van der Waals surface area (Å²) < 4.78 is 5.36. The van der Waals surface area contributed by atoms with Gasteiger partial charge in [-0.15, -0.1) is 0 Å². The fourth-order valence-electron chi connectivity index (χ4n) is 2.24. The minimum atomic E-state index is 0.223. The number of hydrogen-bond acceptors (Lipinski definition) is 3. The minimum absolute atomic E-state index is 0.223. The number of nitrogens with zero attached hydrogens (tertiary/aromatic N) is 1. The van der Waals surface area contributed by atoms with Gasteiger partial charge in [0.1, 0.15) is 0 Å². The molecule has 0 saturated heterocycles. The molecule has 3 nitrogen and oxygen atoms in total. The Morgan fingerprint density at radius 2 is 2.19 bits per heavy atom. The Balaban J connectivity index is 2.21. The summed E-state index contributed by atoms with van der Waals surface area (Å²) in [6.07, 6.45) is 5.58. The second kappa shape index (κ2) is 6.22. The van der Waals surface area contributed by atoms with E-state index in [0.29, 0.717) is 18.6 Å². The number of nitriles is 1. The largest absolute Gasteiger partial charge is 0.381 e. The maximum Gasteiger partial charge on any atom is 0.0621 e. The Labute approximate surface area is 99.2 Å². The quantitative estimate of drug-likeness (QED) is 0.754. The minimum Gasteiger partial charge on any atom is -0.381 e. The summed E-state index contributed by atoms with van der Waals surface area (Å²) in [5.74, 6) is 0. The lowest BCUT2D eigenvalue weighted by atomic mass is 9.87. The van der Waals surface area contributed by atoms with E-state index >= 15 is 0 Å². The summed E-state index contributed by atoms with van der Waals surface area (Å²) in [6, 6.07) is 2.82. The molecule has 1 N–H and O–H groups in total. The first kappa shape index (κ1) is 13.5. The van der Waals surface area contributed by atoms with Crippen LogP contribution >= 0.6 is 0 Å². The van der Waals surface area contributed by atoms with Crippen LogP contribution in [0, 0.1) is 16.7 Å². The molecule has 2 unspecified atom stereocenters. The van der Waals surface area contributed by atoms with Crippen LogP contribution in [-0.2, 0) is 4.74 Å². The zero-order valence-electron chi connectivity index (χ0n) is 10.8. The lowest BCUT2D eigenvalue weighted by Gasteiger charge is -2.26. The van der Waals surface area contributed by atoms with Gasteiger partial charge in [-0.2, -0.15) is 5.26 Å². The van der Waals surface area contributed by atoms with Gasteiger partial charge in [-0.25, -0.2) is 0 Å². The number of nitrogens with one attached hydrogen (secondary N) is 1. The van der Waals surface area contributed by atoms with Gasteiger partial charge in [0.25, 0.3) is 0 Å². The molecular weight excluding hydrogens is 200 g/mol. The highest BCUT2D eigenvalue weighted by Gasteiger charge is 2.26. The van der Waals surface area contributed by atoms with Crippen molar-refractivity contribution in [2.75, 3.05) is 13.7 Å². The standard InChI is InChI=1S/C13H24N2O/c1-13(2,7-4-8-14)10-15-11-5-6-12(9-11)16-3/h11-12,15H,4-7,9-10H2,1-3H3. The fraction of sp³-hybridized carbons (Fsp3) is 0.923. The molecule has 1 aliphatic rings. The van der Waals surface area contributed by atoms with E-state index in [9.17, 15) is 0 Å². The van der Waals surface area contributed by atoms with Gasteiger partial charge in [-0.05, 0) is 31.1 Å². The molecule has 0 spiro atoms. The van der Waals surface area contributed by atoms with E-state index in [2.05, 4.69) is 25.2 Å². The first-order valence-electron chi connectivity index (χ1n) is 6.20. The smallest absolute Gasteiger partial charge is 0.0621 e. The van der Waals surface area contributed by atoms with Crippen molar-refractivity contribution in [1.29, 1.82) is 5.26 Å². The van der Waals surface area contributed by atoms with Crippen molar-refractivity contribution in [3.63, 3.8) is 0 Å². The highest BCUT2D eigenvalue weighted by atomic mass is 16.5. The van der Waals surface area contributed by atoms with E-state index in [1.165, 1.54) is 12.8 Å². The van der Waals surface area contributed by atoms with Gasteiger partial charge in [0.05, 0.1) is 12.2 Å². The summed E-state index contributed by atoms with van der Waals surface area (Å²) in [5.41, 5.74) is 0.223. The predicted molar refractivity (Wildman–Crippen MR) is 65.1 cm³/mol. The summed E-state index contributed by atoms with van der Waals surface area (Å²) in [6.45, 7) is 5.44. The Kier molecular flexibility index (Phi) is 5.24. The maximum absolute atomic E-state index is 8.59. The van der Waals surface area contributed by atoms with Gasteiger partial charge < -0.3 is 10.1 Å². The lowest BCUT2D eigenvalue weighted by Crippen LogP contribution is -2.36. The summed E-state index contributed by atoms with van der Waals surface area (Å²) in [4.78, 5) is 0. The zero-order valence-corrected chi connectivity index (χ0v) is 10.8. The highest BCUT2D eigenvalue weighted by molar-refractivity contribution is 4.84. The molecule has 1 aliphatic carbocycles. The SMILES string of the molecule is COC1CCC(NCC(C)(C)CCC#N)C1. The monoisotopic (exact) mass is 224 g/mol. The fourth-order valence-corrected chi connectivity index (χ4v) is 2.24. The second-order valence-corrected chi connectivity index (χ2v) is 5.57. The number of hydrogen-bond donors (Lipinski definition) is 1. The van der Waals surface area contributed by atoms with Crippen molar-refractivity contribution in [3.05, 3.63) is 0 Å². The Hall–Kier alpha value is -0.590. The third-order valence-corrected chi connectivity index (χ3v) is 3.50. The van der Waals surface area contributed by atoms with Crippen LogP contribution in [-0.4, -0.2) is 25.8 Å². The van der Waals surface area contributed by atoms with E-state index in [1.54, 1.807) is 7.11 Å². The van der Waals surface area contributed by atoms with Crippen LogP contribution in [0.1, 0.15) is 46.0 Å². The average molecular weight is 224 g/mol. The Morgan fingerprint density at radius 3 is 2.75 bits per heavy atom. The molecule has 1 fully saturated rings.